The molecule has 2 heterocycles. The minimum Gasteiger partial charge on any atom is -0.489 e. The molecule has 2 N–H and O–H groups in total. The lowest BCUT2D eigenvalue weighted by Gasteiger charge is -2.16. The Morgan fingerprint density at radius 2 is 2.15 bits per heavy atom. The van der Waals surface area contributed by atoms with Gasteiger partial charge >= 0.3 is 0 Å². The summed E-state index contributed by atoms with van der Waals surface area (Å²) in [6.07, 6.45) is 6.05. The number of anilines is 1. The maximum Gasteiger partial charge on any atom is 0.250 e. The molecule has 1 unspecified atom stereocenters. The Hall–Kier alpha value is -1.49. The molecule has 1 atom stereocenters. The van der Waals surface area contributed by atoms with E-state index in [-0.39, 0.29) is 10.3 Å². The molecule has 0 saturated heterocycles. The van der Waals surface area contributed by atoms with Gasteiger partial charge in [0, 0.05) is 12.3 Å². The molecule has 0 spiro atoms. The van der Waals surface area contributed by atoms with Crippen molar-refractivity contribution in [2.24, 2.45) is 0 Å². The minimum atomic E-state index is -3.73. The molecule has 146 valence electrons. The van der Waals surface area contributed by atoms with Crippen molar-refractivity contribution in [1.29, 1.82) is 0 Å². The van der Waals surface area contributed by atoms with Gasteiger partial charge in [0.05, 0.1) is 16.6 Å². The lowest BCUT2D eigenvalue weighted by Crippen LogP contribution is -2.41. The number of pyridine rings is 1. The van der Waals surface area contributed by atoms with Crippen LogP contribution in [0.4, 0.5) is 5.82 Å². The fourth-order valence-electron chi connectivity index (χ4n) is 2.76. The fraction of sp³-hybridized carbons (Fsp3) is 0.412. The van der Waals surface area contributed by atoms with E-state index < -0.39 is 22.0 Å². The first-order valence-electron chi connectivity index (χ1n) is 8.54. The molecule has 1 aliphatic rings. The van der Waals surface area contributed by atoms with Crippen LogP contribution >= 0.6 is 27.3 Å². The maximum atomic E-state index is 12.4. The van der Waals surface area contributed by atoms with Gasteiger partial charge in [0.25, 0.3) is 10.0 Å². The second-order valence-corrected chi connectivity index (χ2v) is 10.0. The molecule has 0 radical (unpaired) electrons. The Labute approximate surface area is 170 Å². The summed E-state index contributed by atoms with van der Waals surface area (Å²) in [6.45, 7) is 1.48. The van der Waals surface area contributed by atoms with Crippen LogP contribution in [0.1, 0.15) is 32.6 Å². The summed E-state index contributed by atoms with van der Waals surface area (Å²) in [5.41, 5.74) is 0. The highest BCUT2D eigenvalue weighted by Crippen LogP contribution is 2.31. The van der Waals surface area contributed by atoms with E-state index in [0.29, 0.717) is 16.0 Å². The van der Waals surface area contributed by atoms with Crippen LogP contribution < -0.4 is 14.8 Å². The van der Waals surface area contributed by atoms with Crippen LogP contribution in [0, 0.1) is 0 Å². The number of hydrogen-bond acceptors (Lipinski definition) is 6. The van der Waals surface area contributed by atoms with Gasteiger partial charge in [0.1, 0.15) is 15.8 Å². The summed E-state index contributed by atoms with van der Waals surface area (Å²) in [6, 6.07) is 3.81. The van der Waals surface area contributed by atoms with Crippen molar-refractivity contribution < 1.29 is 17.9 Å². The van der Waals surface area contributed by atoms with E-state index in [1.165, 1.54) is 13.0 Å². The predicted molar refractivity (Wildman–Crippen MR) is 108 cm³/mol. The number of carbonyl (C=O) groups excluding carboxylic acids is 1. The average Bonchev–Trinajstić information content (AvgIpc) is 3.31. The Morgan fingerprint density at radius 1 is 1.41 bits per heavy atom. The van der Waals surface area contributed by atoms with Crippen molar-refractivity contribution in [2.75, 3.05) is 5.32 Å². The van der Waals surface area contributed by atoms with Gasteiger partial charge in [-0.2, -0.15) is 4.72 Å². The second-order valence-electron chi connectivity index (χ2n) is 6.29. The second kappa shape index (κ2) is 8.68. The molecule has 0 aromatic carbocycles. The van der Waals surface area contributed by atoms with Crippen molar-refractivity contribution in [3.05, 3.63) is 34.2 Å². The van der Waals surface area contributed by atoms with Crippen LogP contribution in [-0.4, -0.2) is 31.5 Å². The van der Waals surface area contributed by atoms with Gasteiger partial charge in [-0.25, -0.2) is 13.4 Å². The molecule has 10 heteroatoms. The number of aromatic nitrogens is 1. The Morgan fingerprint density at radius 3 is 2.81 bits per heavy atom. The number of sulfonamides is 1. The van der Waals surface area contributed by atoms with Gasteiger partial charge in [0.15, 0.2) is 0 Å². The molecule has 1 saturated carbocycles. The quantitative estimate of drug-likeness (QED) is 0.640. The van der Waals surface area contributed by atoms with E-state index in [1.807, 2.05) is 0 Å². The van der Waals surface area contributed by atoms with E-state index in [2.05, 4.69) is 31.0 Å². The minimum absolute atomic E-state index is 0.163. The summed E-state index contributed by atoms with van der Waals surface area (Å²) in [5, 5.41) is 4.29. The van der Waals surface area contributed by atoms with Gasteiger partial charge in [-0.1, -0.05) is 6.07 Å². The number of carbonyl (C=O) groups is 1. The van der Waals surface area contributed by atoms with Crippen LogP contribution in [-0.2, 0) is 14.8 Å². The van der Waals surface area contributed by atoms with Gasteiger partial charge in [-0.3, -0.25) is 4.79 Å². The lowest BCUT2D eigenvalue weighted by molar-refractivity contribution is -0.117. The summed E-state index contributed by atoms with van der Waals surface area (Å²) in [5.74, 6) is 0.411. The molecule has 7 nitrogen and oxygen atoms in total. The molecular formula is C17H20BrN3O4S2. The first-order valence-corrected chi connectivity index (χ1v) is 11.7. The van der Waals surface area contributed by atoms with Gasteiger partial charge in [-0.05, 0) is 60.0 Å². The van der Waals surface area contributed by atoms with Crippen molar-refractivity contribution in [2.45, 2.75) is 49.0 Å². The zero-order valence-electron chi connectivity index (χ0n) is 14.6. The normalized spacial score (nSPS) is 16.2. The SMILES string of the molecule is CC(NS(=O)(=O)c1cccs1)C(=O)Nc1cc(OC2CCCC2)c(Br)cn1. The van der Waals surface area contributed by atoms with Crippen molar-refractivity contribution >= 4 is 49.0 Å². The monoisotopic (exact) mass is 473 g/mol. The van der Waals surface area contributed by atoms with E-state index >= 15 is 0 Å². The van der Waals surface area contributed by atoms with Crippen LogP contribution in [0.25, 0.3) is 0 Å². The number of rotatable bonds is 7. The number of ether oxygens (including phenoxy) is 1. The predicted octanol–water partition coefficient (Wildman–Crippen LogP) is 3.53. The van der Waals surface area contributed by atoms with Crippen molar-refractivity contribution in [1.82, 2.24) is 9.71 Å². The lowest BCUT2D eigenvalue weighted by atomic mass is 10.3. The highest BCUT2D eigenvalue weighted by Gasteiger charge is 2.23. The molecule has 2 aromatic rings. The highest BCUT2D eigenvalue weighted by molar-refractivity contribution is 9.10. The van der Waals surface area contributed by atoms with Gasteiger partial charge in [0.2, 0.25) is 5.91 Å². The van der Waals surface area contributed by atoms with Crippen LogP contribution in [0.5, 0.6) is 5.75 Å². The molecule has 0 aliphatic heterocycles. The van der Waals surface area contributed by atoms with Crippen LogP contribution in [0.2, 0.25) is 0 Å². The largest absolute Gasteiger partial charge is 0.489 e. The van der Waals surface area contributed by atoms with E-state index in [0.717, 1.165) is 37.0 Å². The topological polar surface area (TPSA) is 97.4 Å². The number of hydrogen-bond donors (Lipinski definition) is 2. The fourth-order valence-corrected chi connectivity index (χ4v) is 5.28. The third-order valence-corrected chi connectivity index (χ3v) is 7.69. The molecule has 1 amide bonds. The highest BCUT2D eigenvalue weighted by atomic mass is 79.9. The standard InChI is InChI=1S/C17H20BrN3O4S2/c1-11(21-27(23,24)16-7-4-8-26-16)17(22)20-15-9-14(13(18)10-19-15)25-12-5-2-3-6-12/h4,7-12,21H,2-3,5-6H2,1H3,(H,19,20,22). The molecular weight excluding hydrogens is 454 g/mol. The number of nitrogens with zero attached hydrogens (tertiary/aromatic N) is 1. The molecule has 2 aromatic heterocycles. The summed E-state index contributed by atoms with van der Waals surface area (Å²) in [4.78, 5) is 16.5. The average molecular weight is 474 g/mol. The van der Waals surface area contributed by atoms with E-state index in [1.54, 1.807) is 23.7 Å². The van der Waals surface area contributed by atoms with Gasteiger partial charge in [-0.15, -0.1) is 11.3 Å². The number of amides is 1. The zero-order chi connectivity index (χ0) is 19.4. The number of thiophene rings is 1. The van der Waals surface area contributed by atoms with Gasteiger partial charge < -0.3 is 10.1 Å². The van der Waals surface area contributed by atoms with E-state index in [9.17, 15) is 13.2 Å². The Balaban J connectivity index is 1.64. The number of halogens is 1. The molecule has 3 rings (SSSR count). The zero-order valence-corrected chi connectivity index (χ0v) is 17.9. The maximum absolute atomic E-state index is 12.4. The third-order valence-electron chi connectivity index (χ3n) is 4.15. The first-order chi connectivity index (χ1) is 12.8. The van der Waals surface area contributed by atoms with E-state index in [4.69, 9.17) is 4.74 Å². The third kappa shape index (κ3) is 5.28. The Kier molecular flexibility index (Phi) is 6.51. The molecule has 1 fully saturated rings. The smallest absolute Gasteiger partial charge is 0.250 e. The molecule has 0 bridgehead atoms. The first kappa shape index (κ1) is 20.2. The number of nitrogens with one attached hydrogen (secondary N) is 2. The van der Waals surface area contributed by atoms with Crippen LogP contribution in [0.15, 0.2) is 38.5 Å². The summed E-state index contributed by atoms with van der Waals surface area (Å²) < 4.78 is 33.7. The Bertz CT molecular complexity index is 897. The summed E-state index contributed by atoms with van der Waals surface area (Å²) in [7, 11) is -3.73. The summed E-state index contributed by atoms with van der Waals surface area (Å²) >= 11 is 4.49. The molecule has 1 aliphatic carbocycles. The van der Waals surface area contributed by atoms with Crippen molar-refractivity contribution in [3.8, 4) is 5.75 Å². The van der Waals surface area contributed by atoms with Crippen molar-refractivity contribution in [3.63, 3.8) is 0 Å². The van der Waals surface area contributed by atoms with Crippen LogP contribution in [0.3, 0.4) is 0 Å². The molecule has 27 heavy (non-hydrogen) atoms.